The Balaban J connectivity index is 2.44. The van der Waals surface area contributed by atoms with Gasteiger partial charge in [-0.3, -0.25) is 14.8 Å². The number of hydrogen-bond donors (Lipinski definition) is 2. The average molecular weight is 355 g/mol. The average Bonchev–Trinajstić information content (AvgIpc) is 2.81. The van der Waals surface area contributed by atoms with Crippen LogP contribution in [0.15, 0.2) is 19.8 Å². The number of furan rings is 1. The fraction of sp³-hybridized carbons (Fsp3) is 0.308. The zero-order valence-corrected chi connectivity index (χ0v) is 13.4. The monoisotopic (exact) mass is 354 g/mol. The van der Waals surface area contributed by atoms with Crippen molar-refractivity contribution in [2.75, 3.05) is 0 Å². The molecule has 0 aliphatic heterocycles. The largest absolute Gasteiger partial charge is 0.456 e. The lowest BCUT2D eigenvalue weighted by molar-refractivity contribution is 0.0924. The maximum Gasteiger partial charge on any atom is 0.348 e. The summed E-state index contributed by atoms with van der Waals surface area (Å²) in [6.45, 7) is 5.57. The highest BCUT2D eigenvalue weighted by Crippen LogP contribution is 2.20. The quantitative estimate of drug-likeness (QED) is 0.489. The highest BCUT2D eigenvalue weighted by Gasteiger charge is 2.16. The van der Waals surface area contributed by atoms with E-state index in [1.165, 1.54) is 4.57 Å². The van der Waals surface area contributed by atoms with Crippen LogP contribution in [-0.4, -0.2) is 15.5 Å². The molecule has 0 atom stereocenters. The van der Waals surface area contributed by atoms with Crippen LogP contribution in [0.3, 0.4) is 0 Å². The van der Waals surface area contributed by atoms with Crippen molar-refractivity contribution in [3.05, 3.63) is 49.5 Å². The van der Waals surface area contributed by atoms with Gasteiger partial charge in [-0.2, -0.15) is 4.98 Å². The van der Waals surface area contributed by atoms with E-state index in [-0.39, 0.29) is 18.0 Å². The van der Waals surface area contributed by atoms with E-state index in [9.17, 15) is 9.59 Å². The molecule has 3 N–H and O–H groups in total. The zero-order valence-electron chi connectivity index (χ0n) is 11.9. The summed E-state index contributed by atoms with van der Waals surface area (Å²) in [6, 6.07) is 1.57. The van der Waals surface area contributed by atoms with Crippen LogP contribution in [0.25, 0.3) is 0 Å². The lowest BCUT2D eigenvalue weighted by Crippen LogP contribution is -2.29. The van der Waals surface area contributed by atoms with Crippen molar-refractivity contribution in [2.45, 2.75) is 27.3 Å². The van der Waals surface area contributed by atoms with Crippen LogP contribution in [0.5, 0.6) is 0 Å². The molecule has 0 aromatic carbocycles. The molecule has 1 amide bonds. The fourth-order valence-corrected chi connectivity index (χ4v) is 2.30. The normalized spacial score (nSPS) is 10.7. The van der Waals surface area contributed by atoms with Gasteiger partial charge in [-0.15, -0.1) is 0 Å². The molecular formula is C13H15BrN4O3. The second-order valence-corrected chi connectivity index (χ2v) is 5.42. The van der Waals surface area contributed by atoms with E-state index < -0.39 is 5.91 Å². The summed E-state index contributed by atoms with van der Waals surface area (Å²) in [4.78, 5) is 27.4. The van der Waals surface area contributed by atoms with Crippen molar-refractivity contribution in [2.24, 2.45) is 5.84 Å². The van der Waals surface area contributed by atoms with E-state index in [1.54, 1.807) is 19.9 Å². The minimum absolute atomic E-state index is 0.106. The summed E-state index contributed by atoms with van der Waals surface area (Å²) in [7, 11) is 0. The van der Waals surface area contributed by atoms with E-state index in [0.717, 1.165) is 15.7 Å². The van der Waals surface area contributed by atoms with E-state index in [1.807, 2.05) is 12.3 Å². The third-order valence-electron chi connectivity index (χ3n) is 3.24. The number of carbonyl (C=O) groups is 1. The molecule has 2 aromatic rings. The van der Waals surface area contributed by atoms with E-state index in [2.05, 4.69) is 20.9 Å². The molecule has 0 bridgehead atoms. The summed E-state index contributed by atoms with van der Waals surface area (Å²) in [6.07, 6.45) is 0. The van der Waals surface area contributed by atoms with Gasteiger partial charge in [-0.1, -0.05) is 0 Å². The van der Waals surface area contributed by atoms with Crippen molar-refractivity contribution in [3.8, 4) is 0 Å². The first-order valence-electron chi connectivity index (χ1n) is 6.19. The minimum Gasteiger partial charge on any atom is -0.456 e. The number of nitrogens with two attached hydrogens (primary N) is 1. The van der Waals surface area contributed by atoms with Gasteiger partial charge in [0.1, 0.15) is 5.76 Å². The van der Waals surface area contributed by atoms with Crippen molar-refractivity contribution < 1.29 is 9.21 Å². The molecule has 21 heavy (non-hydrogen) atoms. The Morgan fingerprint density at radius 1 is 1.48 bits per heavy atom. The molecule has 0 aliphatic carbocycles. The Bertz CT molecular complexity index is 764. The van der Waals surface area contributed by atoms with Gasteiger partial charge >= 0.3 is 11.6 Å². The smallest absolute Gasteiger partial charge is 0.348 e. The van der Waals surface area contributed by atoms with Gasteiger partial charge in [0.2, 0.25) is 0 Å². The number of carbonyl (C=O) groups excluding carboxylic acids is 1. The first kappa shape index (κ1) is 15.5. The summed E-state index contributed by atoms with van der Waals surface area (Å²) < 4.78 is 7.63. The van der Waals surface area contributed by atoms with Crippen molar-refractivity contribution >= 4 is 21.8 Å². The molecule has 0 saturated carbocycles. The molecule has 0 fully saturated rings. The number of hydrogen-bond acceptors (Lipinski definition) is 5. The van der Waals surface area contributed by atoms with Crippen LogP contribution >= 0.6 is 15.9 Å². The maximum atomic E-state index is 12.0. The Hall–Kier alpha value is -1.93. The van der Waals surface area contributed by atoms with Crippen LogP contribution in [0.4, 0.5) is 0 Å². The van der Waals surface area contributed by atoms with Crippen molar-refractivity contribution in [3.63, 3.8) is 0 Å². The number of aromatic nitrogens is 2. The summed E-state index contributed by atoms with van der Waals surface area (Å²) in [5, 5.41) is 0. The topological polar surface area (TPSA) is 103 Å². The van der Waals surface area contributed by atoms with Crippen LogP contribution < -0.4 is 17.0 Å². The van der Waals surface area contributed by atoms with Crippen LogP contribution in [0.2, 0.25) is 0 Å². The highest BCUT2D eigenvalue weighted by atomic mass is 79.9. The third kappa shape index (κ3) is 2.91. The number of hydrazine groups is 1. The van der Waals surface area contributed by atoms with Crippen molar-refractivity contribution in [1.82, 2.24) is 15.0 Å². The number of halogens is 1. The second kappa shape index (κ2) is 5.82. The van der Waals surface area contributed by atoms with Gasteiger partial charge in [0, 0.05) is 11.3 Å². The first-order chi connectivity index (χ1) is 9.85. The third-order valence-corrected chi connectivity index (χ3v) is 4.39. The lowest BCUT2D eigenvalue weighted by Gasteiger charge is -2.11. The zero-order chi connectivity index (χ0) is 15.7. The SMILES string of the molecule is Cc1nc(=O)n(Cc2cc(C(=O)NN)oc2C)c(C)c1Br. The van der Waals surface area contributed by atoms with Crippen LogP contribution in [0.1, 0.15) is 33.3 Å². The Morgan fingerprint density at radius 2 is 2.14 bits per heavy atom. The predicted octanol–water partition coefficient (Wildman–Crippen LogP) is 1.18. The minimum atomic E-state index is -0.517. The molecule has 0 spiro atoms. The molecule has 2 rings (SSSR count). The van der Waals surface area contributed by atoms with Gasteiger partial charge in [0.25, 0.3) is 0 Å². The van der Waals surface area contributed by atoms with Crippen LogP contribution in [0, 0.1) is 20.8 Å². The van der Waals surface area contributed by atoms with E-state index in [4.69, 9.17) is 10.3 Å². The van der Waals surface area contributed by atoms with Crippen LogP contribution in [-0.2, 0) is 6.54 Å². The molecule has 2 aromatic heterocycles. The van der Waals surface area contributed by atoms with Gasteiger partial charge < -0.3 is 4.42 Å². The van der Waals surface area contributed by atoms with Gasteiger partial charge in [-0.05, 0) is 42.8 Å². The maximum absolute atomic E-state index is 12.0. The molecule has 0 radical (unpaired) electrons. The van der Waals surface area contributed by atoms with Gasteiger partial charge in [0.05, 0.1) is 16.7 Å². The molecule has 7 nitrogen and oxygen atoms in total. The molecular weight excluding hydrogens is 340 g/mol. The number of amides is 1. The second-order valence-electron chi connectivity index (χ2n) is 4.63. The van der Waals surface area contributed by atoms with Crippen molar-refractivity contribution in [1.29, 1.82) is 0 Å². The summed E-state index contributed by atoms with van der Waals surface area (Å²) in [5.41, 5.74) is 3.78. The Labute approximate surface area is 129 Å². The molecule has 0 saturated heterocycles. The molecule has 2 heterocycles. The van der Waals surface area contributed by atoms with Gasteiger partial charge in [-0.25, -0.2) is 10.6 Å². The fourth-order valence-electron chi connectivity index (χ4n) is 1.99. The summed E-state index contributed by atoms with van der Waals surface area (Å²) >= 11 is 3.41. The molecule has 8 heteroatoms. The first-order valence-corrected chi connectivity index (χ1v) is 6.98. The number of rotatable bonds is 3. The van der Waals surface area contributed by atoms with E-state index in [0.29, 0.717) is 11.5 Å². The Kier molecular flexibility index (Phi) is 4.29. The lowest BCUT2D eigenvalue weighted by atomic mass is 10.2. The number of aryl methyl sites for hydroxylation is 2. The number of nitrogens with one attached hydrogen (secondary N) is 1. The predicted molar refractivity (Wildman–Crippen MR) is 79.9 cm³/mol. The van der Waals surface area contributed by atoms with E-state index >= 15 is 0 Å². The molecule has 0 unspecified atom stereocenters. The standard InChI is InChI=1S/C13H15BrN4O3/c1-6-11(14)7(2)18(13(20)16-6)5-9-4-10(12(19)17-15)21-8(9)3/h4H,5,15H2,1-3H3,(H,17,19). The number of nitrogen functional groups attached to an aromatic ring is 1. The highest BCUT2D eigenvalue weighted by molar-refractivity contribution is 9.10. The molecule has 0 aliphatic rings. The van der Waals surface area contributed by atoms with Gasteiger partial charge in [0.15, 0.2) is 5.76 Å². The number of nitrogens with zero attached hydrogens (tertiary/aromatic N) is 2. The summed E-state index contributed by atoms with van der Waals surface area (Å²) in [5.74, 6) is 5.21. The molecule has 112 valence electrons. The Morgan fingerprint density at radius 3 is 2.76 bits per heavy atom.